The second-order valence-corrected chi connectivity index (χ2v) is 14.0. The van der Waals surface area contributed by atoms with Crippen LogP contribution in [0.1, 0.15) is 74.0 Å². The summed E-state index contributed by atoms with van der Waals surface area (Å²) < 4.78 is 14.6. The van der Waals surface area contributed by atoms with Crippen LogP contribution in [-0.2, 0) is 11.3 Å². The van der Waals surface area contributed by atoms with Gasteiger partial charge in [-0.1, -0.05) is 19.3 Å². The van der Waals surface area contributed by atoms with Gasteiger partial charge in [0.1, 0.15) is 16.2 Å². The van der Waals surface area contributed by atoms with Crippen LogP contribution in [0.4, 0.5) is 10.5 Å². The van der Waals surface area contributed by atoms with Crippen molar-refractivity contribution in [3.8, 4) is 28.3 Å². The molecule has 1 amide bonds. The van der Waals surface area contributed by atoms with Crippen molar-refractivity contribution in [1.29, 1.82) is 0 Å². The Kier molecular flexibility index (Phi) is 7.31. The minimum absolute atomic E-state index is 0.324. The highest BCUT2D eigenvalue weighted by atomic mass is 32.1. The highest BCUT2D eigenvalue weighted by Gasteiger charge is 2.35. The number of amides is 1. The van der Waals surface area contributed by atoms with E-state index in [1.54, 1.807) is 12.0 Å². The average molecular weight is 624 g/mol. The van der Waals surface area contributed by atoms with Crippen molar-refractivity contribution in [1.82, 2.24) is 9.55 Å². The number of benzene rings is 2. The summed E-state index contributed by atoms with van der Waals surface area (Å²) in [5.41, 5.74) is 6.88. The fourth-order valence-corrected chi connectivity index (χ4v) is 8.08. The minimum atomic E-state index is -0.908. The zero-order valence-electron chi connectivity index (χ0n) is 26.1. The van der Waals surface area contributed by atoms with Gasteiger partial charge in [0.05, 0.1) is 39.9 Å². The van der Waals surface area contributed by atoms with Gasteiger partial charge in [-0.25, -0.2) is 14.6 Å². The molecule has 1 N–H and O–H groups in total. The van der Waals surface area contributed by atoms with Crippen LogP contribution in [0.3, 0.4) is 0 Å². The number of pyridine rings is 1. The van der Waals surface area contributed by atoms with E-state index >= 15 is 0 Å². The summed E-state index contributed by atoms with van der Waals surface area (Å²) in [6, 6.07) is 17.8. The van der Waals surface area contributed by atoms with Crippen molar-refractivity contribution in [2.45, 2.75) is 70.9 Å². The lowest BCUT2D eigenvalue weighted by Crippen LogP contribution is -2.38. The van der Waals surface area contributed by atoms with Crippen LogP contribution < -0.4 is 9.64 Å². The maximum Gasteiger partial charge on any atom is 0.414 e. The van der Waals surface area contributed by atoms with Crippen LogP contribution in [-0.4, -0.2) is 46.0 Å². The number of hydrogen-bond acceptors (Lipinski definition) is 6. The number of rotatable bonds is 4. The number of hydrogen-bond donors (Lipinski definition) is 1. The minimum Gasteiger partial charge on any atom is -0.497 e. The molecular formula is C36H37N3O5S. The molecule has 0 unspecified atom stereocenters. The molecule has 2 aliphatic rings. The largest absolute Gasteiger partial charge is 0.497 e. The Bertz CT molecular complexity index is 1940. The lowest BCUT2D eigenvalue weighted by Gasteiger charge is -2.28. The number of carboxylic acids is 1. The molecule has 45 heavy (non-hydrogen) atoms. The van der Waals surface area contributed by atoms with Gasteiger partial charge in [-0.3, -0.25) is 4.90 Å². The van der Waals surface area contributed by atoms with Crippen LogP contribution in [0.15, 0.2) is 54.6 Å². The molecule has 0 saturated heterocycles. The standard InChI is InChI=1S/C36H37N3O5S/c1-36(2,3)44-35(42)39-19-18-38-28-20-29(34(40)41)45-33(28)30(22-8-6-5-7-9-22)32(38)25-15-17-27-24(31(25)39)14-16-26(37-27)21-10-12-23(43-4)13-11-21/h10-17,20,22H,5-9,18-19H2,1-4H3,(H,40,41). The Labute approximate surface area is 266 Å². The maximum absolute atomic E-state index is 13.9. The molecule has 7 rings (SSSR count). The van der Waals surface area contributed by atoms with Gasteiger partial charge in [-0.05, 0) is 99.7 Å². The van der Waals surface area contributed by atoms with Crippen molar-refractivity contribution in [3.05, 3.63) is 65.0 Å². The van der Waals surface area contributed by atoms with E-state index in [1.165, 1.54) is 23.3 Å². The molecule has 1 saturated carbocycles. The van der Waals surface area contributed by atoms with Gasteiger partial charge in [0, 0.05) is 29.6 Å². The topological polar surface area (TPSA) is 93.9 Å². The molecule has 3 aromatic heterocycles. The zero-order valence-corrected chi connectivity index (χ0v) is 26.9. The summed E-state index contributed by atoms with van der Waals surface area (Å²) in [7, 11) is 1.65. The average Bonchev–Trinajstić information content (AvgIpc) is 3.53. The molecule has 2 aromatic carbocycles. The smallest absolute Gasteiger partial charge is 0.414 e. The van der Waals surface area contributed by atoms with E-state index in [2.05, 4.69) is 16.7 Å². The number of carbonyl (C=O) groups excluding carboxylic acids is 1. The molecule has 1 aliphatic heterocycles. The number of ether oxygens (including phenoxy) is 2. The molecule has 4 heterocycles. The number of fused-ring (bicyclic) bond motifs is 7. The van der Waals surface area contributed by atoms with Crippen LogP contribution in [0.2, 0.25) is 0 Å². The second kappa shape index (κ2) is 11.2. The fourth-order valence-electron chi connectivity index (χ4n) is 6.95. The Hall–Kier alpha value is -4.37. The molecule has 9 heteroatoms. The van der Waals surface area contributed by atoms with Gasteiger partial charge >= 0.3 is 12.1 Å². The van der Waals surface area contributed by atoms with Crippen molar-refractivity contribution >= 4 is 50.2 Å². The number of nitrogens with zero attached hydrogens (tertiary/aromatic N) is 3. The number of methoxy groups -OCH3 is 1. The van der Waals surface area contributed by atoms with E-state index in [9.17, 15) is 14.7 Å². The second-order valence-electron chi connectivity index (χ2n) is 13.0. The van der Waals surface area contributed by atoms with E-state index in [4.69, 9.17) is 14.5 Å². The zero-order chi connectivity index (χ0) is 31.5. The Balaban J connectivity index is 1.47. The van der Waals surface area contributed by atoms with Gasteiger partial charge in [-0.2, -0.15) is 0 Å². The maximum atomic E-state index is 13.9. The van der Waals surface area contributed by atoms with Crippen LogP contribution >= 0.6 is 11.3 Å². The first-order valence-electron chi connectivity index (χ1n) is 15.6. The summed E-state index contributed by atoms with van der Waals surface area (Å²) in [6.07, 6.45) is 5.25. The summed E-state index contributed by atoms with van der Waals surface area (Å²) in [5.74, 6) is 0.198. The number of aromatic carboxylic acids is 1. The van der Waals surface area contributed by atoms with Crippen LogP contribution in [0, 0.1) is 0 Å². The molecule has 1 fully saturated rings. The van der Waals surface area contributed by atoms with Crippen molar-refractivity contribution < 1.29 is 24.2 Å². The van der Waals surface area contributed by atoms with Crippen LogP contribution in [0.25, 0.3) is 43.6 Å². The van der Waals surface area contributed by atoms with Gasteiger partial charge in [-0.15, -0.1) is 11.3 Å². The number of aromatic nitrogens is 2. The molecule has 0 radical (unpaired) electrons. The Morgan fingerprint density at radius 3 is 2.42 bits per heavy atom. The van der Waals surface area contributed by atoms with Gasteiger partial charge < -0.3 is 19.1 Å². The third-order valence-electron chi connectivity index (χ3n) is 8.91. The van der Waals surface area contributed by atoms with E-state index in [1.807, 2.05) is 63.2 Å². The lowest BCUT2D eigenvalue weighted by molar-refractivity contribution is 0.0579. The number of carbonyl (C=O) groups is 2. The summed E-state index contributed by atoms with van der Waals surface area (Å²) >= 11 is 1.37. The highest BCUT2D eigenvalue weighted by molar-refractivity contribution is 7.21. The molecule has 5 aromatic rings. The van der Waals surface area contributed by atoms with Crippen LogP contribution in [0.5, 0.6) is 5.75 Å². The highest BCUT2D eigenvalue weighted by Crippen LogP contribution is 2.51. The first-order chi connectivity index (χ1) is 21.6. The molecule has 232 valence electrons. The summed E-state index contributed by atoms with van der Waals surface area (Å²) in [5, 5.41) is 10.8. The van der Waals surface area contributed by atoms with Gasteiger partial charge in [0.15, 0.2) is 0 Å². The van der Waals surface area contributed by atoms with Crippen molar-refractivity contribution in [3.63, 3.8) is 0 Å². The quantitative estimate of drug-likeness (QED) is 0.215. The molecule has 8 nitrogen and oxygen atoms in total. The number of thiophene rings is 1. The molecule has 0 atom stereocenters. The van der Waals surface area contributed by atoms with E-state index in [0.717, 1.165) is 80.8 Å². The van der Waals surface area contributed by atoms with Crippen molar-refractivity contribution in [2.75, 3.05) is 18.6 Å². The molecule has 0 bridgehead atoms. The Morgan fingerprint density at radius 2 is 1.73 bits per heavy atom. The SMILES string of the molecule is COc1ccc(-c2ccc3c4c(ccc3n2)-c2c(C3CCCCC3)c3sc(C(=O)O)cc3n2CCN4C(=O)OC(C)(C)C)cc1. The van der Waals surface area contributed by atoms with Gasteiger partial charge in [0.2, 0.25) is 0 Å². The molecule has 0 spiro atoms. The summed E-state index contributed by atoms with van der Waals surface area (Å²) in [4.78, 5) is 33.2. The third kappa shape index (κ3) is 5.23. The predicted molar refractivity (Wildman–Crippen MR) is 179 cm³/mol. The van der Waals surface area contributed by atoms with E-state index in [0.29, 0.717) is 23.9 Å². The first-order valence-corrected chi connectivity index (χ1v) is 16.4. The van der Waals surface area contributed by atoms with E-state index < -0.39 is 17.7 Å². The Morgan fingerprint density at radius 1 is 0.978 bits per heavy atom. The normalized spacial score (nSPS) is 15.5. The molecular weight excluding hydrogens is 586 g/mol. The third-order valence-corrected chi connectivity index (χ3v) is 10.1. The number of anilines is 1. The first kappa shape index (κ1) is 29.3. The van der Waals surface area contributed by atoms with Crippen molar-refractivity contribution in [2.24, 2.45) is 0 Å². The van der Waals surface area contributed by atoms with Gasteiger partial charge in [0.25, 0.3) is 0 Å². The van der Waals surface area contributed by atoms with E-state index in [-0.39, 0.29) is 0 Å². The predicted octanol–water partition coefficient (Wildman–Crippen LogP) is 9.09. The molecule has 1 aliphatic carbocycles. The monoisotopic (exact) mass is 623 g/mol. The summed E-state index contributed by atoms with van der Waals surface area (Å²) in [6.45, 7) is 6.52. The number of carboxylic acid groups (broad SMARTS) is 1. The fraction of sp³-hybridized carbons (Fsp3) is 0.361. The lowest BCUT2D eigenvalue weighted by atomic mass is 9.82.